The fraction of sp³-hybridized carbons (Fsp3) is 0.0769. The van der Waals surface area contributed by atoms with Gasteiger partial charge in [0.05, 0.1) is 0 Å². The van der Waals surface area contributed by atoms with Crippen LogP contribution in [0.5, 0.6) is 0 Å². The van der Waals surface area contributed by atoms with E-state index in [1.807, 2.05) is 43.4 Å². The zero-order valence-corrected chi connectivity index (χ0v) is 7.90. The molecule has 0 aliphatic rings. The summed E-state index contributed by atoms with van der Waals surface area (Å²) in [4.78, 5) is 0. The van der Waals surface area contributed by atoms with Gasteiger partial charge in [0.1, 0.15) is 0 Å². The minimum atomic E-state index is 1.02. The van der Waals surface area contributed by atoms with Gasteiger partial charge >= 0.3 is 0 Å². The quantitative estimate of drug-likeness (QED) is 0.605. The SMILES string of the molecule is C=C(/C=C\C)/C=C/c1ccccc1. The van der Waals surface area contributed by atoms with Crippen LogP contribution >= 0.6 is 0 Å². The van der Waals surface area contributed by atoms with Gasteiger partial charge in [0.2, 0.25) is 0 Å². The topological polar surface area (TPSA) is 0 Å². The minimum absolute atomic E-state index is 1.02. The molecule has 66 valence electrons. The Hall–Kier alpha value is -1.56. The van der Waals surface area contributed by atoms with E-state index in [1.165, 1.54) is 5.56 Å². The summed E-state index contributed by atoms with van der Waals surface area (Å²) in [6.45, 7) is 5.87. The number of hydrogen-bond acceptors (Lipinski definition) is 0. The normalized spacial score (nSPS) is 11.2. The van der Waals surface area contributed by atoms with Crippen LogP contribution in [0.2, 0.25) is 0 Å². The molecule has 1 aromatic rings. The Labute approximate surface area is 79.9 Å². The zero-order valence-electron chi connectivity index (χ0n) is 7.90. The van der Waals surface area contributed by atoms with Crippen LogP contribution < -0.4 is 0 Å². The van der Waals surface area contributed by atoms with Crippen molar-refractivity contribution in [2.45, 2.75) is 6.92 Å². The predicted molar refractivity (Wildman–Crippen MR) is 59.4 cm³/mol. The first-order valence-electron chi connectivity index (χ1n) is 4.37. The maximum Gasteiger partial charge on any atom is -0.0256 e. The minimum Gasteiger partial charge on any atom is -0.0918 e. The standard InChI is InChI=1S/C13H14/c1-3-7-12(2)10-11-13-8-5-4-6-9-13/h3-11H,2H2,1H3/b7-3-,11-10+. The largest absolute Gasteiger partial charge is 0.0918 e. The molecule has 0 aromatic heterocycles. The van der Waals surface area contributed by atoms with Gasteiger partial charge in [0, 0.05) is 0 Å². The van der Waals surface area contributed by atoms with Crippen LogP contribution in [-0.4, -0.2) is 0 Å². The first-order chi connectivity index (χ1) is 6.33. The first kappa shape index (κ1) is 9.53. The number of benzene rings is 1. The molecule has 0 bridgehead atoms. The van der Waals surface area contributed by atoms with Crippen LogP contribution in [0.1, 0.15) is 12.5 Å². The molecular weight excluding hydrogens is 156 g/mol. The van der Waals surface area contributed by atoms with Crippen molar-refractivity contribution in [1.82, 2.24) is 0 Å². The molecule has 0 saturated heterocycles. The fourth-order valence-corrected chi connectivity index (χ4v) is 1.04. The predicted octanol–water partition coefficient (Wildman–Crippen LogP) is 3.83. The Balaban J connectivity index is 2.64. The highest BCUT2D eigenvalue weighted by Gasteiger charge is 1.82. The summed E-state index contributed by atoms with van der Waals surface area (Å²) >= 11 is 0. The van der Waals surface area contributed by atoms with Crippen molar-refractivity contribution in [2.75, 3.05) is 0 Å². The molecule has 0 spiro atoms. The molecule has 0 aliphatic heterocycles. The second-order valence-electron chi connectivity index (χ2n) is 2.82. The van der Waals surface area contributed by atoms with Gasteiger partial charge in [-0.05, 0) is 18.1 Å². The summed E-state index contributed by atoms with van der Waals surface area (Å²) in [7, 11) is 0. The van der Waals surface area contributed by atoms with Gasteiger partial charge in [0.25, 0.3) is 0 Å². The summed E-state index contributed by atoms with van der Waals surface area (Å²) in [5.74, 6) is 0. The Kier molecular flexibility index (Phi) is 3.77. The molecule has 0 heterocycles. The molecule has 1 rings (SSSR count). The molecule has 1 aromatic carbocycles. The van der Waals surface area contributed by atoms with E-state index in [-0.39, 0.29) is 0 Å². The highest BCUT2D eigenvalue weighted by Crippen LogP contribution is 2.04. The molecule has 0 fully saturated rings. The van der Waals surface area contributed by atoms with Gasteiger partial charge in [-0.15, -0.1) is 0 Å². The zero-order chi connectivity index (χ0) is 9.52. The van der Waals surface area contributed by atoms with Gasteiger partial charge < -0.3 is 0 Å². The second kappa shape index (κ2) is 5.15. The van der Waals surface area contributed by atoms with Gasteiger partial charge in [-0.3, -0.25) is 0 Å². The van der Waals surface area contributed by atoms with Crippen molar-refractivity contribution < 1.29 is 0 Å². The highest BCUT2D eigenvalue weighted by atomic mass is 13.9. The van der Waals surface area contributed by atoms with Crippen molar-refractivity contribution >= 4 is 6.08 Å². The van der Waals surface area contributed by atoms with E-state index >= 15 is 0 Å². The van der Waals surface area contributed by atoms with Gasteiger partial charge in [-0.1, -0.05) is 61.2 Å². The highest BCUT2D eigenvalue weighted by molar-refractivity contribution is 5.53. The van der Waals surface area contributed by atoms with Crippen molar-refractivity contribution in [3.05, 3.63) is 66.3 Å². The summed E-state index contributed by atoms with van der Waals surface area (Å²) in [6, 6.07) is 10.2. The van der Waals surface area contributed by atoms with Crippen molar-refractivity contribution in [1.29, 1.82) is 0 Å². The first-order valence-corrected chi connectivity index (χ1v) is 4.37. The third kappa shape index (κ3) is 3.57. The fourth-order valence-electron chi connectivity index (χ4n) is 1.04. The van der Waals surface area contributed by atoms with Crippen molar-refractivity contribution in [2.24, 2.45) is 0 Å². The molecule has 0 N–H and O–H groups in total. The average Bonchev–Trinajstić information content (AvgIpc) is 2.17. The Morgan fingerprint density at radius 3 is 2.46 bits per heavy atom. The lowest BCUT2D eigenvalue weighted by atomic mass is 10.1. The molecular formula is C13H14. The van der Waals surface area contributed by atoms with E-state index in [4.69, 9.17) is 0 Å². The van der Waals surface area contributed by atoms with Crippen LogP contribution in [0.3, 0.4) is 0 Å². The van der Waals surface area contributed by atoms with Crippen LogP contribution in [0.25, 0.3) is 6.08 Å². The number of allylic oxidation sites excluding steroid dienone is 4. The van der Waals surface area contributed by atoms with Crippen LogP contribution in [0.15, 0.2) is 60.7 Å². The molecule has 0 unspecified atom stereocenters. The Bertz CT molecular complexity index is 315. The molecule has 0 aliphatic carbocycles. The van der Waals surface area contributed by atoms with E-state index < -0.39 is 0 Å². The maximum atomic E-state index is 3.89. The molecule has 0 saturated carbocycles. The van der Waals surface area contributed by atoms with Gasteiger partial charge in [-0.25, -0.2) is 0 Å². The lowest BCUT2D eigenvalue weighted by Gasteiger charge is -1.91. The smallest absolute Gasteiger partial charge is 0.0256 e. The molecule has 0 nitrogen and oxygen atoms in total. The third-order valence-electron chi connectivity index (χ3n) is 1.67. The summed E-state index contributed by atoms with van der Waals surface area (Å²) < 4.78 is 0. The molecule has 0 amide bonds. The molecule has 0 heteroatoms. The van der Waals surface area contributed by atoms with Crippen LogP contribution in [0, 0.1) is 0 Å². The van der Waals surface area contributed by atoms with Crippen molar-refractivity contribution in [3.8, 4) is 0 Å². The van der Waals surface area contributed by atoms with Crippen molar-refractivity contribution in [3.63, 3.8) is 0 Å². The van der Waals surface area contributed by atoms with E-state index in [1.54, 1.807) is 0 Å². The second-order valence-corrected chi connectivity index (χ2v) is 2.82. The Morgan fingerprint density at radius 2 is 1.85 bits per heavy atom. The molecule has 0 radical (unpaired) electrons. The third-order valence-corrected chi connectivity index (χ3v) is 1.67. The van der Waals surface area contributed by atoms with E-state index in [2.05, 4.69) is 24.8 Å². The summed E-state index contributed by atoms with van der Waals surface area (Å²) in [5, 5.41) is 0. The van der Waals surface area contributed by atoms with E-state index in [0.717, 1.165) is 5.57 Å². The maximum absolute atomic E-state index is 3.89. The average molecular weight is 170 g/mol. The molecule has 0 atom stereocenters. The van der Waals surface area contributed by atoms with Gasteiger partial charge in [-0.2, -0.15) is 0 Å². The van der Waals surface area contributed by atoms with Gasteiger partial charge in [0.15, 0.2) is 0 Å². The summed E-state index contributed by atoms with van der Waals surface area (Å²) in [6.07, 6.45) is 8.04. The molecule has 13 heavy (non-hydrogen) atoms. The lowest BCUT2D eigenvalue weighted by molar-refractivity contribution is 1.64. The summed E-state index contributed by atoms with van der Waals surface area (Å²) in [5.41, 5.74) is 2.22. The lowest BCUT2D eigenvalue weighted by Crippen LogP contribution is -1.69. The van der Waals surface area contributed by atoms with E-state index in [9.17, 15) is 0 Å². The number of rotatable bonds is 3. The number of hydrogen-bond donors (Lipinski definition) is 0. The Morgan fingerprint density at radius 1 is 1.15 bits per heavy atom. The van der Waals surface area contributed by atoms with Crippen LogP contribution in [0.4, 0.5) is 0 Å². The van der Waals surface area contributed by atoms with E-state index in [0.29, 0.717) is 0 Å². The monoisotopic (exact) mass is 170 g/mol. The van der Waals surface area contributed by atoms with Crippen LogP contribution in [-0.2, 0) is 0 Å².